The molecule has 3 nitrogen and oxygen atoms in total. The van der Waals surface area contributed by atoms with E-state index in [1.54, 1.807) is 21.1 Å². The van der Waals surface area contributed by atoms with Crippen LogP contribution >= 0.6 is 15.9 Å². The van der Waals surface area contributed by atoms with Crippen molar-refractivity contribution in [2.75, 3.05) is 14.2 Å². The Labute approximate surface area is 105 Å². The maximum Gasteiger partial charge on any atom is 0.175 e. The Bertz CT molecular complexity index is 375. The van der Waals surface area contributed by atoms with Gasteiger partial charge in [-0.3, -0.25) is 0 Å². The van der Waals surface area contributed by atoms with Gasteiger partial charge >= 0.3 is 0 Å². The Hall–Kier alpha value is -0.740. The fourth-order valence-electron chi connectivity index (χ4n) is 1.72. The van der Waals surface area contributed by atoms with Gasteiger partial charge in [0, 0.05) is 0 Å². The maximum absolute atomic E-state index is 9.42. The molecule has 0 fully saturated rings. The van der Waals surface area contributed by atoms with Gasteiger partial charge in [-0.25, -0.2) is 0 Å². The Kier molecular flexibility index (Phi) is 4.62. The quantitative estimate of drug-likeness (QED) is 0.926. The van der Waals surface area contributed by atoms with E-state index in [0.717, 1.165) is 15.6 Å². The highest BCUT2D eigenvalue weighted by molar-refractivity contribution is 9.10. The summed E-state index contributed by atoms with van der Waals surface area (Å²) < 4.78 is 11.4. The van der Waals surface area contributed by atoms with Gasteiger partial charge in [0.05, 0.1) is 24.8 Å². The van der Waals surface area contributed by atoms with Crippen LogP contribution in [0.25, 0.3) is 0 Å². The third-order valence-electron chi connectivity index (χ3n) is 2.47. The van der Waals surface area contributed by atoms with Crippen LogP contribution in [-0.2, 0) is 6.42 Å². The summed E-state index contributed by atoms with van der Waals surface area (Å²) >= 11 is 3.44. The van der Waals surface area contributed by atoms with Crippen molar-refractivity contribution in [2.24, 2.45) is 0 Å². The van der Waals surface area contributed by atoms with Crippen molar-refractivity contribution in [1.82, 2.24) is 0 Å². The Morgan fingerprint density at radius 1 is 1.31 bits per heavy atom. The first kappa shape index (κ1) is 13.3. The fraction of sp³-hybridized carbons (Fsp3) is 0.500. The highest BCUT2D eigenvalue weighted by Gasteiger charge is 2.16. The highest BCUT2D eigenvalue weighted by atomic mass is 79.9. The molecular weight excluding hydrogens is 272 g/mol. The van der Waals surface area contributed by atoms with Crippen LogP contribution in [0.4, 0.5) is 0 Å². The first-order valence-corrected chi connectivity index (χ1v) is 5.88. The molecule has 0 bridgehead atoms. The molecule has 0 radical (unpaired) electrons. The summed E-state index contributed by atoms with van der Waals surface area (Å²) in [5, 5.41) is 9.42. The number of halogens is 1. The molecule has 0 aliphatic rings. The number of methoxy groups -OCH3 is 2. The summed E-state index contributed by atoms with van der Waals surface area (Å²) in [6, 6.07) is 1.96. The van der Waals surface area contributed by atoms with Crippen LogP contribution in [0.15, 0.2) is 10.5 Å². The number of ether oxygens (including phenoxy) is 2. The van der Waals surface area contributed by atoms with Gasteiger partial charge in [-0.15, -0.1) is 0 Å². The van der Waals surface area contributed by atoms with Crippen LogP contribution in [-0.4, -0.2) is 25.4 Å². The predicted molar refractivity (Wildman–Crippen MR) is 67.4 cm³/mol. The van der Waals surface area contributed by atoms with Crippen molar-refractivity contribution in [1.29, 1.82) is 0 Å². The molecule has 1 aromatic carbocycles. The van der Waals surface area contributed by atoms with E-state index in [2.05, 4.69) is 15.9 Å². The molecule has 4 heteroatoms. The zero-order valence-corrected chi connectivity index (χ0v) is 11.6. The van der Waals surface area contributed by atoms with Crippen molar-refractivity contribution < 1.29 is 14.6 Å². The van der Waals surface area contributed by atoms with Gasteiger partial charge in [-0.1, -0.05) is 0 Å². The number of hydrogen-bond donors (Lipinski definition) is 1. The molecule has 0 heterocycles. The van der Waals surface area contributed by atoms with Crippen LogP contribution < -0.4 is 9.47 Å². The molecule has 0 spiro atoms. The second-order valence-corrected chi connectivity index (χ2v) is 4.62. The summed E-state index contributed by atoms with van der Waals surface area (Å²) in [7, 11) is 3.22. The molecule has 16 heavy (non-hydrogen) atoms. The van der Waals surface area contributed by atoms with E-state index in [-0.39, 0.29) is 6.10 Å². The van der Waals surface area contributed by atoms with Gasteiger partial charge in [0.25, 0.3) is 0 Å². The van der Waals surface area contributed by atoms with Gasteiger partial charge in [-0.2, -0.15) is 0 Å². The van der Waals surface area contributed by atoms with Crippen molar-refractivity contribution >= 4 is 15.9 Å². The standard InChI is InChI=1S/C12H17BrO3/c1-7(14)5-9-6-10(13)12(16-4)11(15-3)8(9)2/h6-7,14H,5H2,1-4H3. The van der Waals surface area contributed by atoms with E-state index in [9.17, 15) is 5.11 Å². The predicted octanol–water partition coefficient (Wildman–Crippen LogP) is 2.70. The second-order valence-electron chi connectivity index (χ2n) is 3.76. The monoisotopic (exact) mass is 288 g/mol. The molecule has 0 saturated heterocycles. The molecule has 0 aliphatic carbocycles. The molecule has 1 aromatic rings. The van der Waals surface area contributed by atoms with Gasteiger partial charge < -0.3 is 14.6 Å². The lowest BCUT2D eigenvalue weighted by Gasteiger charge is -2.16. The van der Waals surface area contributed by atoms with E-state index in [1.807, 2.05) is 13.0 Å². The minimum absolute atomic E-state index is 0.372. The first-order chi connectivity index (χ1) is 7.51. The number of hydrogen-bond acceptors (Lipinski definition) is 3. The summed E-state index contributed by atoms with van der Waals surface area (Å²) in [5.74, 6) is 1.40. The van der Waals surface area contributed by atoms with Crippen LogP contribution in [0.3, 0.4) is 0 Å². The number of aliphatic hydroxyl groups excluding tert-OH is 1. The lowest BCUT2D eigenvalue weighted by molar-refractivity contribution is 0.195. The molecule has 1 N–H and O–H groups in total. The van der Waals surface area contributed by atoms with Gasteiger partial charge in [0.2, 0.25) is 0 Å². The molecular formula is C12H17BrO3. The van der Waals surface area contributed by atoms with Gasteiger partial charge in [0.15, 0.2) is 11.5 Å². The third kappa shape index (κ3) is 2.68. The summed E-state index contributed by atoms with van der Waals surface area (Å²) in [5.41, 5.74) is 2.06. The number of aliphatic hydroxyl groups is 1. The van der Waals surface area contributed by atoms with Gasteiger partial charge in [0.1, 0.15) is 0 Å². The minimum Gasteiger partial charge on any atom is -0.493 e. The topological polar surface area (TPSA) is 38.7 Å². The van der Waals surface area contributed by atoms with Crippen LogP contribution in [0, 0.1) is 6.92 Å². The Balaban J connectivity index is 3.28. The van der Waals surface area contributed by atoms with Crippen LogP contribution in [0.1, 0.15) is 18.1 Å². The summed E-state index contributed by atoms with van der Waals surface area (Å²) in [6.07, 6.45) is 0.230. The smallest absolute Gasteiger partial charge is 0.175 e. The first-order valence-electron chi connectivity index (χ1n) is 5.09. The zero-order chi connectivity index (χ0) is 12.3. The third-order valence-corrected chi connectivity index (χ3v) is 3.06. The highest BCUT2D eigenvalue weighted by Crippen LogP contribution is 2.40. The Morgan fingerprint density at radius 2 is 1.88 bits per heavy atom. The van der Waals surface area contributed by atoms with Crippen LogP contribution in [0.5, 0.6) is 11.5 Å². The van der Waals surface area contributed by atoms with Crippen molar-refractivity contribution in [3.63, 3.8) is 0 Å². The maximum atomic E-state index is 9.42. The average Bonchev–Trinajstić information content (AvgIpc) is 2.21. The molecule has 0 amide bonds. The molecule has 0 saturated carbocycles. The molecule has 90 valence electrons. The van der Waals surface area contributed by atoms with E-state index in [4.69, 9.17) is 9.47 Å². The molecule has 1 atom stereocenters. The van der Waals surface area contributed by atoms with Crippen molar-refractivity contribution in [3.8, 4) is 11.5 Å². The molecule has 0 aromatic heterocycles. The lowest BCUT2D eigenvalue weighted by atomic mass is 10.0. The SMILES string of the molecule is COc1c(Br)cc(CC(C)O)c(C)c1OC. The van der Waals surface area contributed by atoms with E-state index in [0.29, 0.717) is 17.9 Å². The number of rotatable bonds is 4. The molecule has 1 unspecified atom stereocenters. The van der Waals surface area contributed by atoms with E-state index < -0.39 is 0 Å². The second kappa shape index (κ2) is 5.55. The van der Waals surface area contributed by atoms with Crippen molar-refractivity contribution in [3.05, 3.63) is 21.7 Å². The average molecular weight is 289 g/mol. The number of benzene rings is 1. The fourth-order valence-corrected chi connectivity index (χ4v) is 2.34. The normalized spacial score (nSPS) is 12.4. The largest absolute Gasteiger partial charge is 0.493 e. The molecule has 0 aliphatic heterocycles. The zero-order valence-electron chi connectivity index (χ0n) is 10.0. The van der Waals surface area contributed by atoms with E-state index >= 15 is 0 Å². The van der Waals surface area contributed by atoms with Gasteiger partial charge in [-0.05, 0) is 53.4 Å². The molecule has 1 rings (SSSR count). The van der Waals surface area contributed by atoms with E-state index in [1.165, 1.54) is 0 Å². The lowest BCUT2D eigenvalue weighted by Crippen LogP contribution is -2.07. The minimum atomic E-state index is -0.372. The van der Waals surface area contributed by atoms with Crippen molar-refractivity contribution in [2.45, 2.75) is 26.4 Å². The summed E-state index contributed by atoms with van der Waals surface area (Å²) in [6.45, 7) is 3.73. The van der Waals surface area contributed by atoms with Crippen LogP contribution in [0.2, 0.25) is 0 Å². The summed E-state index contributed by atoms with van der Waals surface area (Å²) in [4.78, 5) is 0. The Morgan fingerprint density at radius 3 is 2.31 bits per heavy atom.